The lowest BCUT2D eigenvalue weighted by Crippen LogP contribution is -2.15. The maximum atomic E-state index is 5.61. The molecule has 1 aliphatic carbocycles. The molecule has 1 aromatic rings. The fourth-order valence-corrected chi connectivity index (χ4v) is 2.50. The van der Waals surface area contributed by atoms with Crippen LogP contribution in [-0.2, 0) is 5.41 Å². The van der Waals surface area contributed by atoms with Gasteiger partial charge in [-0.2, -0.15) is 0 Å². The van der Waals surface area contributed by atoms with Crippen molar-refractivity contribution in [1.29, 1.82) is 0 Å². The molecule has 0 saturated heterocycles. The third-order valence-corrected chi connectivity index (χ3v) is 3.85. The van der Waals surface area contributed by atoms with E-state index in [1.807, 2.05) is 7.05 Å². The standard InChI is InChI=1S/C15H23NO/c1-4-9-17-14-7-5-12(6-8-14)15(2)10-13(15)11-16-3/h5-8,13,16H,4,9-11H2,1-3H3. The van der Waals surface area contributed by atoms with Gasteiger partial charge in [0.1, 0.15) is 5.75 Å². The summed E-state index contributed by atoms with van der Waals surface area (Å²) in [5.41, 5.74) is 1.83. The van der Waals surface area contributed by atoms with Gasteiger partial charge in [-0.15, -0.1) is 0 Å². The van der Waals surface area contributed by atoms with Gasteiger partial charge in [0.25, 0.3) is 0 Å². The van der Waals surface area contributed by atoms with E-state index < -0.39 is 0 Å². The van der Waals surface area contributed by atoms with Gasteiger partial charge in [-0.3, -0.25) is 0 Å². The molecule has 0 amide bonds. The maximum absolute atomic E-state index is 5.61. The second-order valence-corrected chi connectivity index (χ2v) is 5.25. The Hall–Kier alpha value is -1.02. The molecular weight excluding hydrogens is 210 g/mol. The summed E-state index contributed by atoms with van der Waals surface area (Å²) in [5.74, 6) is 1.78. The minimum absolute atomic E-state index is 0.381. The molecule has 1 aliphatic rings. The molecule has 2 atom stereocenters. The fraction of sp³-hybridized carbons (Fsp3) is 0.600. The largest absolute Gasteiger partial charge is 0.494 e. The summed E-state index contributed by atoms with van der Waals surface area (Å²) in [6.45, 7) is 6.41. The van der Waals surface area contributed by atoms with Crippen molar-refractivity contribution in [3.05, 3.63) is 29.8 Å². The number of benzene rings is 1. The van der Waals surface area contributed by atoms with E-state index in [9.17, 15) is 0 Å². The second kappa shape index (κ2) is 5.09. The molecule has 1 aromatic carbocycles. The zero-order valence-corrected chi connectivity index (χ0v) is 11.1. The van der Waals surface area contributed by atoms with Gasteiger partial charge in [0.05, 0.1) is 6.61 Å². The SMILES string of the molecule is CCCOc1ccc(C2(C)CC2CNC)cc1. The van der Waals surface area contributed by atoms with E-state index in [1.165, 1.54) is 12.0 Å². The smallest absolute Gasteiger partial charge is 0.119 e. The van der Waals surface area contributed by atoms with Gasteiger partial charge in [-0.05, 0) is 55.5 Å². The normalized spacial score (nSPS) is 26.9. The molecule has 0 radical (unpaired) electrons. The van der Waals surface area contributed by atoms with Crippen molar-refractivity contribution in [2.45, 2.75) is 32.1 Å². The van der Waals surface area contributed by atoms with Gasteiger partial charge in [-0.25, -0.2) is 0 Å². The number of ether oxygens (including phenoxy) is 1. The first kappa shape index (κ1) is 12.4. The molecule has 0 bridgehead atoms. The van der Waals surface area contributed by atoms with Crippen molar-refractivity contribution >= 4 is 0 Å². The van der Waals surface area contributed by atoms with Crippen LogP contribution in [0.4, 0.5) is 0 Å². The molecule has 1 N–H and O–H groups in total. The third-order valence-electron chi connectivity index (χ3n) is 3.85. The molecule has 2 nitrogen and oxygen atoms in total. The Bertz CT molecular complexity index is 360. The minimum atomic E-state index is 0.381. The van der Waals surface area contributed by atoms with Crippen LogP contribution in [0.3, 0.4) is 0 Å². The van der Waals surface area contributed by atoms with E-state index in [2.05, 4.69) is 43.4 Å². The molecule has 2 heteroatoms. The Morgan fingerprint density at radius 1 is 1.35 bits per heavy atom. The Labute approximate surface area is 104 Å². The van der Waals surface area contributed by atoms with E-state index in [1.54, 1.807) is 0 Å². The van der Waals surface area contributed by atoms with E-state index in [4.69, 9.17) is 4.74 Å². The predicted octanol–water partition coefficient (Wildman–Crippen LogP) is 2.97. The first-order valence-corrected chi connectivity index (χ1v) is 6.58. The third kappa shape index (κ3) is 2.63. The van der Waals surface area contributed by atoms with E-state index in [0.717, 1.165) is 31.2 Å². The fourth-order valence-electron chi connectivity index (χ4n) is 2.50. The summed E-state index contributed by atoms with van der Waals surface area (Å²) in [6, 6.07) is 8.65. The average Bonchev–Trinajstić information content (AvgIpc) is 3.00. The molecule has 2 rings (SSSR count). The summed E-state index contributed by atoms with van der Waals surface area (Å²) >= 11 is 0. The van der Waals surface area contributed by atoms with Crippen LogP contribution < -0.4 is 10.1 Å². The van der Waals surface area contributed by atoms with Crippen LogP contribution in [-0.4, -0.2) is 20.2 Å². The van der Waals surface area contributed by atoms with Crippen LogP contribution in [0.1, 0.15) is 32.3 Å². The highest BCUT2D eigenvalue weighted by molar-refractivity contribution is 5.37. The van der Waals surface area contributed by atoms with Gasteiger partial charge in [0, 0.05) is 0 Å². The van der Waals surface area contributed by atoms with Crippen LogP contribution in [0, 0.1) is 5.92 Å². The zero-order valence-electron chi connectivity index (χ0n) is 11.1. The topological polar surface area (TPSA) is 21.3 Å². The number of hydrogen-bond acceptors (Lipinski definition) is 2. The van der Waals surface area contributed by atoms with Crippen molar-refractivity contribution in [3.63, 3.8) is 0 Å². The lowest BCUT2D eigenvalue weighted by molar-refractivity contribution is 0.317. The molecule has 1 saturated carbocycles. The molecule has 0 aliphatic heterocycles. The highest BCUT2D eigenvalue weighted by Crippen LogP contribution is 2.53. The Morgan fingerprint density at radius 3 is 2.65 bits per heavy atom. The van der Waals surface area contributed by atoms with Gasteiger partial charge in [0.2, 0.25) is 0 Å². The van der Waals surface area contributed by atoms with E-state index in [-0.39, 0.29) is 0 Å². The molecule has 0 aromatic heterocycles. The number of hydrogen-bond donors (Lipinski definition) is 1. The highest BCUT2D eigenvalue weighted by atomic mass is 16.5. The van der Waals surface area contributed by atoms with Gasteiger partial charge in [0.15, 0.2) is 0 Å². The Kier molecular flexibility index (Phi) is 3.72. The molecule has 2 unspecified atom stereocenters. The predicted molar refractivity (Wildman–Crippen MR) is 71.6 cm³/mol. The Morgan fingerprint density at radius 2 is 2.06 bits per heavy atom. The van der Waals surface area contributed by atoms with Gasteiger partial charge >= 0.3 is 0 Å². The van der Waals surface area contributed by atoms with Crippen LogP contribution in [0.25, 0.3) is 0 Å². The molecule has 17 heavy (non-hydrogen) atoms. The molecule has 0 heterocycles. The number of rotatable bonds is 6. The lowest BCUT2D eigenvalue weighted by Gasteiger charge is -2.13. The number of nitrogens with one attached hydrogen (secondary N) is 1. The second-order valence-electron chi connectivity index (χ2n) is 5.25. The van der Waals surface area contributed by atoms with Crippen molar-refractivity contribution in [1.82, 2.24) is 5.32 Å². The van der Waals surface area contributed by atoms with Gasteiger partial charge < -0.3 is 10.1 Å². The summed E-state index contributed by atoms with van der Waals surface area (Å²) in [7, 11) is 2.03. The Balaban J connectivity index is 1.99. The summed E-state index contributed by atoms with van der Waals surface area (Å²) < 4.78 is 5.61. The van der Waals surface area contributed by atoms with Crippen LogP contribution in [0.15, 0.2) is 24.3 Å². The minimum Gasteiger partial charge on any atom is -0.494 e. The van der Waals surface area contributed by atoms with Crippen LogP contribution in [0.2, 0.25) is 0 Å². The van der Waals surface area contributed by atoms with Crippen molar-refractivity contribution < 1.29 is 4.74 Å². The van der Waals surface area contributed by atoms with Crippen LogP contribution >= 0.6 is 0 Å². The molecular formula is C15H23NO. The molecule has 0 spiro atoms. The van der Waals surface area contributed by atoms with Crippen LogP contribution in [0.5, 0.6) is 5.75 Å². The summed E-state index contributed by atoms with van der Waals surface area (Å²) in [5, 5.41) is 3.27. The first-order chi connectivity index (χ1) is 8.20. The average molecular weight is 233 g/mol. The highest BCUT2D eigenvalue weighted by Gasteiger charge is 2.50. The van der Waals surface area contributed by atoms with Crippen molar-refractivity contribution in [2.75, 3.05) is 20.2 Å². The molecule has 94 valence electrons. The monoisotopic (exact) mass is 233 g/mol. The summed E-state index contributed by atoms with van der Waals surface area (Å²) in [4.78, 5) is 0. The van der Waals surface area contributed by atoms with E-state index in [0.29, 0.717) is 5.41 Å². The van der Waals surface area contributed by atoms with Gasteiger partial charge in [-0.1, -0.05) is 26.0 Å². The first-order valence-electron chi connectivity index (χ1n) is 6.58. The quantitative estimate of drug-likeness (QED) is 0.815. The van der Waals surface area contributed by atoms with Crippen molar-refractivity contribution in [2.24, 2.45) is 5.92 Å². The summed E-state index contributed by atoms with van der Waals surface area (Å²) in [6.07, 6.45) is 2.35. The zero-order chi connectivity index (χ0) is 12.3. The maximum Gasteiger partial charge on any atom is 0.119 e. The molecule has 1 fully saturated rings. The van der Waals surface area contributed by atoms with E-state index >= 15 is 0 Å². The lowest BCUT2D eigenvalue weighted by atomic mass is 9.95. The van der Waals surface area contributed by atoms with Crippen molar-refractivity contribution in [3.8, 4) is 5.75 Å².